The minimum absolute atomic E-state index is 0.294. The number of amides is 1. The van der Waals surface area contributed by atoms with Crippen LogP contribution in [0.4, 0.5) is 0 Å². The highest BCUT2D eigenvalue weighted by molar-refractivity contribution is 5.81. The first kappa shape index (κ1) is 12.6. The van der Waals surface area contributed by atoms with Crippen LogP contribution in [0.2, 0.25) is 0 Å². The van der Waals surface area contributed by atoms with Gasteiger partial charge in [-0.2, -0.15) is 0 Å². The predicted molar refractivity (Wildman–Crippen MR) is 80.5 cm³/mol. The maximum absolute atomic E-state index is 12.2. The van der Waals surface area contributed by atoms with E-state index in [0.29, 0.717) is 18.4 Å². The second-order valence-corrected chi connectivity index (χ2v) is 6.11. The predicted octanol–water partition coefficient (Wildman–Crippen LogP) is 2.61. The Hall–Kier alpha value is -2.10. The molecule has 0 saturated heterocycles. The summed E-state index contributed by atoms with van der Waals surface area (Å²) in [4.78, 5) is 18.7. The van der Waals surface area contributed by atoms with Crippen LogP contribution in [0.5, 0.6) is 0 Å². The molecule has 0 unspecified atom stereocenters. The molecule has 4 rings (SSSR count). The van der Waals surface area contributed by atoms with Crippen molar-refractivity contribution >= 4 is 5.91 Å². The van der Waals surface area contributed by atoms with E-state index >= 15 is 0 Å². The fourth-order valence-electron chi connectivity index (χ4n) is 3.07. The Morgan fingerprint density at radius 1 is 1.29 bits per heavy atom. The summed E-state index contributed by atoms with van der Waals surface area (Å²) in [7, 11) is 0. The van der Waals surface area contributed by atoms with Crippen LogP contribution in [0.15, 0.2) is 30.5 Å². The topological polar surface area (TPSA) is 38.1 Å². The van der Waals surface area contributed by atoms with E-state index in [0.717, 1.165) is 37.4 Å². The van der Waals surface area contributed by atoms with Crippen molar-refractivity contribution in [1.82, 2.24) is 14.5 Å². The Morgan fingerprint density at radius 2 is 2.14 bits per heavy atom. The summed E-state index contributed by atoms with van der Waals surface area (Å²) in [5.74, 6) is 1.62. The number of carbonyl (C=O) groups is 1. The molecule has 1 fully saturated rings. The number of aromatic nitrogens is 2. The molecule has 4 nitrogen and oxygen atoms in total. The lowest BCUT2D eigenvalue weighted by Crippen LogP contribution is -2.39. The van der Waals surface area contributed by atoms with Gasteiger partial charge in [0, 0.05) is 24.6 Å². The monoisotopic (exact) mass is 281 g/mol. The lowest BCUT2D eigenvalue weighted by molar-refractivity contribution is -0.134. The Balaban J connectivity index is 1.62. The van der Waals surface area contributed by atoms with Crippen molar-refractivity contribution in [2.45, 2.75) is 32.9 Å². The molecule has 108 valence electrons. The van der Waals surface area contributed by atoms with Crippen LogP contribution in [0.3, 0.4) is 0 Å². The summed E-state index contributed by atoms with van der Waals surface area (Å²) in [6, 6.07) is 8.49. The van der Waals surface area contributed by atoms with Crippen LogP contribution < -0.4 is 0 Å². The molecule has 0 bridgehead atoms. The van der Waals surface area contributed by atoms with Crippen molar-refractivity contribution in [2.24, 2.45) is 5.92 Å². The average Bonchev–Trinajstić information content (AvgIpc) is 3.25. The Kier molecular flexibility index (Phi) is 2.84. The molecular weight excluding hydrogens is 262 g/mol. The molecule has 2 aliphatic rings. The zero-order chi connectivity index (χ0) is 14.4. The minimum atomic E-state index is 0.294. The molecule has 0 spiro atoms. The Labute approximate surface area is 124 Å². The number of carbonyl (C=O) groups excluding carboxylic acids is 1. The van der Waals surface area contributed by atoms with Gasteiger partial charge in [0.2, 0.25) is 5.91 Å². The third-order valence-electron chi connectivity index (χ3n) is 4.42. The number of hydrogen-bond donors (Lipinski definition) is 0. The second-order valence-electron chi connectivity index (χ2n) is 6.11. The zero-order valence-corrected chi connectivity index (χ0v) is 12.2. The molecular formula is C17H19N3O. The Morgan fingerprint density at radius 3 is 2.90 bits per heavy atom. The Bertz CT molecular complexity index is 700. The van der Waals surface area contributed by atoms with Crippen LogP contribution in [0, 0.1) is 12.8 Å². The maximum Gasteiger partial charge on any atom is 0.226 e. The largest absolute Gasteiger partial charge is 0.333 e. The highest BCUT2D eigenvalue weighted by atomic mass is 16.2. The van der Waals surface area contributed by atoms with Crippen molar-refractivity contribution in [1.29, 1.82) is 0 Å². The fraction of sp³-hybridized carbons (Fsp3) is 0.412. The summed E-state index contributed by atoms with van der Waals surface area (Å²) < 4.78 is 2.26. The van der Waals surface area contributed by atoms with Crippen LogP contribution in [-0.4, -0.2) is 26.9 Å². The molecule has 0 atom stereocenters. The lowest BCUT2D eigenvalue weighted by Gasteiger charge is -2.28. The van der Waals surface area contributed by atoms with Gasteiger partial charge in [0.25, 0.3) is 0 Å². The van der Waals surface area contributed by atoms with E-state index in [1.165, 1.54) is 11.1 Å². The van der Waals surface area contributed by atoms with Gasteiger partial charge in [-0.15, -0.1) is 0 Å². The van der Waals surface area contributed by atoms with Gasteiger partial charge in [-0.25, -0.2) is 4.98 Å². The zero-order valence-electron chi connectivity index (χ0n) is 12.2. The molecule has 2 aromatic rings. The number of rotatable bonds is 2. The number of imidazole rings is 1. The summed E-state index contributed by atoms with van der Waals surface area (Å²) in [6.45, 7) is 4.41. The van der Waals surface area contributed by atoms with Crippen molar-refractivity contribution in [3.05, 3.63) is 41.9 Å². The van der Waals surface area contributed by atoms with Gasteiger partial charge in [-0.05, 0) is 25.8 Å². The van der Waals surface area contributed by atoms with E-state index in [2.05, 4.69) is 40.7 Å². The number of aryl methyl sites for hydroxylation is 1. The van der Waals surface area contributed by atoms with Gasteiger partial charge >= 0.3 is 0 Å². The van der Waals surface area contributed by atoms with Gasteiger partial charge in [-0.3, -0.25) is 4.79 Å². The molecule has 2 heterocycles. The summed E-state index contributed by atoms with van der Waals surface area (Å²) in [6.07, 6.45) is 4.08. The van der Waals surface area contributed by atoms with Crippen LogP contribution in [0.1, 0.15) is 24.2 Å². The first-order chi connectivity index (χ1) is 10.2. The van der Waals surface area contributed by atoms with Crippen LogP contribution >= 0.6 is 0 Å². The SMILES string of the molecule is Cc1cccc(-c2cnc3n2CCN(C(=O)C2CC2)C3)c1. The third kappa shape index (κ3) is 2.24. The lowest BCUT2D eigenvalue weighted by atomic mass is 10.1. The third-order valence-corrected chi connectivity index (χ3v) is 4.42. The molecule has 1 aromatic heterocycles. The van der Waals surface area contributed by atoms with Crippen molar-refractivity contribution < 1.29 is 4.79 Å². The molecule has 21 heavy (non-hydrogen) atoms. The normalized spacial score (nSPS) is 17.7. The van der Waals surface area contributed by atoms with E-state index in [-0.39, 0.29) is 0 Å². The van der Waals surface area contributed by atoms with Gasteiger partial charge < -0.3 is 9.47 Å². The van der Waals surface area contributed by atoms with E-state index in [4.69, 9.17) is 0 Å². The van der Waals surface area contributed by atoms with E-state index in [9.17, 15) is 4.79 Å². The van der Waals surface area contributed by atoms with E-state index in [1.807, 2.05) is 11.1 Å². The highest BCUT2D eigenvalue weighted by Gasteiger charge is 2.35. The molecule has 0 N–H and O–H groups in total. The number of nitrogens with zero attached hydrogens (tertiary/aromatic N) is 3. The molecule has 1 saturated carbocycles. The summed E-state index contributed by atoms with van der Waals surface area (Å²) in [5.41, 5.74) is 3.62. The van der Waals surface area contributed by atoms with Gasteiger partial charge in [-0.1, -0.05) is 23.8 Å². The first-order valence-electron chi connectivity index (χ1n) is 7.62. The quantitative estimate of drug-likeness (QED) is 0.848. The maximum atomic E-state index is 12.2. The van der Waals surface area contributed by atoms with Crippen molar-refractivity contribution in [2.75, 3.05) is 6.54 Å². The highest BCUT2D eigenvalue weighted by Crippen LogP contribution is 2.32. The van der Waals surface area contributed by atoms with Gasteiger partial charge in [0.1, 0.15) is 5.82 Å². The fourth-order valence-corrected chi connectivity index (χ4v) is 3.07. The van der Waals surface area contributed by atoms with Gasteiger partial charge in [0.05, 0.1) is 18.4 Å². The molecule has 1 amide bonds. The minimum Gasteiger partial charge on any atom is -0.333 e. The molecule has 4 heteroatoms. The smallest absolute Gasteiger partial charge is 0.226 e. The molecule has 1 aliphatic heterocycles. The molecule has 1 aliphatic carbocycles. The first-order valence-corrected chi connectivity index (χ1v) is 7.62. The second kappa shape index (κ2) is 4.72. The number of benzene rings is 1. The van der Waals surface area contributed by atoms with Crippen molar-refractivity contribution in [3.8, 4) is 11.3 Å². The van der Waals surface area contributed by atoms with Crippen molar-refractivity contribution in [3.63, 3.8) is 0 Å². The molecule has 1 aromatic carbocycles. The number of hydrogen-bond acceptors (Lipinski definition) is 2. The van der Waals surface area contributed by atoms with Gasteiger partial charge in [0.15, 0.2) is 0 Å². The number of fused-ring (bicyclic) bond motifs is 1. The van der Waals surface area contributed by atoms with Crippen LogP contribution in [0.25, 0.3) is 11.3 Å². The summed E-state index contributed by atoms with van der Waals surface area (Å²) >= 11 is 0. The van der Waals surface area contributed by atoms with E-state index in [1.54, 1.807) is 0 Å². The molecule has 0 radical (unpaired) electrons. The standard InChI is InChI=1S/C17H19N3O/c1-12-3-2-4-14(9-12)15-10-18-16-11-19(7-8-20(15)16)17(21)13-5-6-13/h2-4,9-10,13H,5-8,11H2,1H3. The van der Waals surface area contributed by atoms with Crippen LogP contribution in [-0.2, 0) is 17.9 Å². The average molecular weight is 281 g/mol. The summed E-state index contributed by atoms with van der Waals surface area (Å²) in [5, 5.41) is 0. The van der Waals surface area contributed by atoms with E-state index < -0.39 is 0 Å².